The first-order valence-electron chi connectivity index (χ1n) is 12.4. The van der Waals surface area contributed by atoms with E-state index in [1.54, 1.807) is 21.6 Å². The molecule has 0 bridgehead atoms. The summed E-state index contributed by atoms with van der Waals surface area (Å²) in [7, 11) is 0. The van der Waals surface area contributed by atoms with E-state index in [-0.39, 0.29) is 17.9 Å². The second-order valence-electron chi connectivity index (χ2n) is 9.93. The molecule has 0 saturated carbocycles. The Morgan fingerprint density at radius 1 is 1.22 bits per heavy atom. The minimum atomic E-state index is -0.817. The molecule has 2 aliphatic rings. The molecule has 2 aromatic heterocycles. The Bertz CT molecular complexity index is 1280. The Balaban J connectivity index is 1.68. The Hall–Kier alpha value is -2.72. The number of unbranched alkanes of at least 4 members (excludes halogenated alkanes) is 2. The fourth-order valence-electron chi connectivity index (χ4n) is 5.05. The van der Waals surface area contributed by atoms with Crippen LogP contribution in [0.5, 0.6) is 0 Å². The van der Waals surface area contributed by atoms with Gasteiger partial charge in [-0.3, -0.25) is 23.7 Å². The van der Waals surface area contributed by atoms with E-state index >= 15 is 0 Å². The van der Waals surface area contributed by atoms with Crippen molar-refractivity contribution in [2.75, 3.05) is 24.5 Å². The second kappa shape index (κ2) is 11.1. The van der Waals surface area contributed by atoms with Crippen LogP contribution in [-0.2, 0) is 9.59 Å². The fourth-order valence-corrected chi connectivity index (χ4v) is 6.34. The Morgan fingerprint density at radius 2 is 1.94 bits per heavy atom. The van der Waals surface area contributed by atoms with Gasteiger partial charge in [0.15, 0.2) is 0 Å². The van der Waals surface area contributed by atoms with Gasteiger partial charge in [0.25, 0.3) is 11.5 Å². The number of carboxylic acid groups (broad SMARTS) is 1. The molecule has 0 radical (unpaired) electrons. The maximum Gasteiger partial charge on any atom is 0.303 e. The Morgan fingerprint density at radius 3 is 2.64 bits per heavy atom. The Labute approximate surface area is 220 Å². The zero-order valence-corrected chi connectivity index (χ0v) is 22.5. The zero-order chi connectivity index (χ0) is 26.0. The van der Waals surface area contributed by atoms with Crippen LogP contribution in [0.25, 0.3) is 11.7 Å². The predicted molar refractivity (Wildman–Crippen MR) is 147 cm³/mol. The monoisotopic (exact) mass is 528 g/mol. The van der Waals surface area contributed by atoms with Crippen molar-refractivity contribution in [1.82, 2.24) is 14.3 Å². The van der Waals surface area contributed by atoms with Crippen LogP contribution in [0.1, 0.15) is 57.1 Å². The molecular formula is C26H32N4O4S2. The maximum absolute atomic E-state index is 13.7. The summed E-state index contributed by atoms with van der Waals surface area (Å²) in [4.78, 5) is 46.7. The summed E-state index contributed by atoms with van der Waals surface area (Å²) in [5, 5.41) is 8.80. The number of carbonyl (C=O) groups is 2. The van der Waals surface area contributed by atoms with Crippen molar-refractivity contribution in [3.8, 4) is 0 Å². The van der Waals surface area contributed by atoms with Gasteiger partial charge in [-0.15, -0.1) is 0 Å². The highest BCUT2D eigenvalue weighted by Gasteiger charge is 2.33. The first kappa shape index (κ1) is 26.3. The number of aliphatic carboxylic acids is 1. The van der Waals surface area contributed by atoms with Crippen molar-refractivity contribution in [2.45, 2.75) is 52.9 Å². The summed E-state index contributed by atoms with van der Waals surface area (Å²) in [6.07, 6.45) is 6.55. The molecule has 8 nitrogen and oxygen atoms in total. The number of thioether (sulfide) groups is 1. The molecule has 10 heteroatoms. The molecule has 0 aromatic carbocycles. The van der Waals surface area contributed by atoms with Crippen molar-refractivity contribution in [2.24, 2.45) is 11.8 Å². The van der Waals surface area contributed by atoms with Gasteiger partial charge in [-0.05, 0) is 55.7 Å². The Kier molecular flexibility index (Phi) is 8.14. The number of aromatic nitrogens is 2. The van der Waals surface area contributed by atoms with E-state index in [9.17, 15) is 14.4 Å². The van der Waals surface area contributed by atoms with Crippen molar-refractivity contribution < 1.29 is 14.7 Å². The molecule has 1 N–H and O–H groups in total. The summed E-state index contributed by atoms with van der Waals surface area (Å²) in [5.41, 5.74) is 1.73. The molecule has 2 saturated heterocycles. The highest BCUT2D eigenvalue weighted by atomic mass is 32.2. The van der Waals surface area contributed by atoms with Gasteiger partial charge in [0, 0.05) is 32.3 Å². The standard InChI is InChI=1S/C26H32N4O4S2/c1-16-12-17(2)15-28(14-16)23-19(24(33)29-11-7-8-18(3)22(29)27-23)13-20-25(34)30(26(35)36-20)10-6-4-5-9-21(31)32/h7-8,11,13,16-17H,4-6,9-10,12,14-15H2,1-3H3,(H,31,32)/b20-13+. The van der Waals surface area contributed by atoms with E-state index in [4.69, 9.17) is 22.3 Å². The predicted octanol–water partition coefficient (Wildman–Crippen LogP) is 4.33. The molecular weight excluding hydrogens is 496 g/mol. The highest BCUT2D eigenvalue weighted by molar-refractivity contribution is 8.26. The molecule has 4 rings (SSSR count). The van der Waals surface area contributed by atoms with Gasteiger partial charge in [0.2, 0.25) is 0 Å². The number of thiocarbonyl (C=S) groups is 1. The van der Waals surface area contributed by atoms with Gasteiger partial charge >= 0.3 is 5.97 Å². The largest absolute Gasteiger partial charge is 0.481 e. The first-order chi connectivity index (χ1) is 17.2. The van der Waals surface area contributed by atoms with Crippen molar-refractivity contribution >= 4 is 57.7 Å². The van der Waals surface area contributed by atoms with Gasteiger partial charge in [-0.1, -0.05) is 50.3 Å². The summed E-state index contributed by atoms with van der Waals surface area (Å²) in [6, 6.07) is 3.76. The van der Waals surface area contributed by atoms with Gasteiger partial charge < -0.3 is 10.0 Å². The average molecular weight is 529 g/mol. The molecule has 2 unspecified atom stereocenters. The molecule has 4 heterocycles. The number of amides is 1. The first-order valence-corrected chi connectivity index (χ1v) is 13.6. The highest BCUT2D eigenvalue weighted by Crippen LogP contribution is 2.35. The van der Waals surface area contributed by atoms with Gasteiger partial charge in [0.05, 0.1) is 10.5 Å². The minimum Gasteiger partial charge on any atom is -0.481 e. The lowest BCUT2D eigenvalue weighted by atomic mass is 9.91. The van der Waals surface area contributed by atoms with E-state index in [1.807, 2.05) is 19.1 Å². The van der Waals surface area contributed by atoms with Crippen LogP contribution in [0.3, 0.4) is 0 Å². The van der Waals surface area contributed by atoms with E-state index in [2.05, 4.69) is 18.7 Å². The number of carbonyl (C=O) groups excluding carboxylic acids is 1. The van der Waals surface area contributed by atoms with E-state index in [1.165, 1.54) is 11.8 Å². The van der Waals surface area contributed by atoms with Crippen LogP contribution in [0.2, 0.25) is 0 Å². The number of aryl methyl sites for hydroxylation is 1. The molecule has 2 fully saturated rings. The number of carboxylic acids is 1. The van der Waals surface area contributed by atoms with Crippen LogP contribution in [-0.4, -0.2) is 55.2 Å². The third-order valence-corrected chi connectivity index (χ3v) is 8.03. The fraction of sp³-hybridized carbons (Fsp3) is 0.500. The summed E-state index contributed by atoms with van der Waals surface area (Å²) in [5.74, 6) is 0.522. The number of pyridine rings is 1. The molecule has 0 spiro atoms. The third-order valence-electron chi connectivity index (χ3n) is 6.65. The average Bonchev–Trinajstić information content (AvgIpc) is 3.07. The van der Waals surface area contributed by atoms with Crippen LogP contribution >= 0.6 is 24.0 Å². The van der Waals surface area contributed by atoms with Gasteiger partial charge in [0.1, 0.15) is 15.8 Å². The summed E-state index contributed by atoms with van der Waals surface area (Å²) < 4.78 is 2.00. The van der Waals surface area contributed by atoms with E-state index in [0.717, 1.165) is 25.1 Å². The summed E-state index contributed by atoms with van der Waals surface area (Å²) in [6.45, 7) is 8.40. The maximum atomic E-state index is 13.7. The quantitative estimate of drug-likeness (QED) is 0.307. The molecule has 0 aliphatic carbocycles. The van der Waals surface area contributed by atoms with Crippen LogP contribution in [0, 0.1) is 18.8 Å². The molecule has 36 heavy (non-hydrogen) atoms. The number of rotatable bonds is 8. The topological polar surface area (TPSA) is 95.2 Å². The number of fused-ring (bicyclic) bond motifs is 1. The lowest BCUT2D eigenvalue weighted by Gasteiger charge is -2.36. The van der Waals surface area contributed by atoms with Crippen molar-refractivity contribution in [3.63, 3.8) is 0 Å². The second-order valence-corrected chi connectivity index (χ2v) is 11.6. The number of hydrogen-bond acceptors (Lipinski definition) is 7. The normalized spacial score (nSPS) is 21.7. The van der Waals surface area contributed by atoms with Gasteiger partial charge in [-0.25, -0.2) is 4.98 Å². The number of anilines is 1. The van der Waals surface area contributed by atoms with Crippen molar-refractivity contribution in [1.29, 1.82) is 0 Å². The molecule has 192 valence electrons. The van der Waals surface area contributed by atoms with E-state index < -0.39 is 5.97 Å². The molecule has 2 aliphatic heterocycles. The molecule has 2 atom stereocenters. The number of piperidine rings is 1. The third kappa shape index (κ3) is 5.64. The lowest BCUT2D eigenvalue weighted by Crippen LogP contribution is -2.40. The molecule has 2 aromatic rings. The van der Waals surface area contributed by atoms with Gasteiger partial charge in [-0.2, -0.15) is 0 Å². The van der Waals surface area contributed by atoms with Crippen LogP contribution in [0.4, 0.5) is 5.82 Å². The number of hydrogen-bond donors (Lipinski definition) is 1. The molecule has 1 amide bonds. The smallest absolute Gasteiger partial charge is 0.303 e. The van der Waals surface area contributed by atoms with E-state index in [0.29, 0.717) is 63.9 Å². The summed E-state index contributed by atoms with van der Waals surface area (Å²) >= 11 is 6.67. The minimum absolute atomic E-state index is 0.118. The van der Waals surface area contributed by atoms with Crippen LogP contribution in [0.15, 0.2) is 28.0 Å². The zero-order valence-electron chi connectivity index (χ0n) is 20.9. The SMILES string of the molecule is Cc1cccn2c(=O)c(/C=C3/SC(=S)N(CCCCCC(=O)O)C3=O)c(N3CC(C)CC(C)C3)nc12. The lowest BCUT2D eigenvalue weighted by molar-refractivity contribution is -0.137. The van der Waals surface area contributed by atoms with Crippen LogP contribution < -0.4 is 10.5 Å². The van der Waals surface area contributed by atoms with Crippen molar-refractivity contribution in [3.05, 3.63) is 44.7 Å². The number of nitrogens with zero attached hydrogens (tertiary/aromatic N) is 4.